The van der Waals surface area contributed by atoms with Gasteiger partial charge in [0.25, 0.3) is 5.91 Å². The molecule has 2 aromatic rings. The van der Waals surface area contributed by atoms with Crippen molar-refractivity contribution in [3.8, 4) is 5.75 Å². The Morgan fingerprint density at radius 2 is 2.13 bits per heavy atom. The maximum atomic E-state index is 13.5. The van der Waals surface area contributed by atoms with E-state index in [1.807, 2.05) is 38.1 Å². The molecular formula is C23H22N2O6. The minimum Gasteiger partial charge on any atom is -0.492 e. The largest absolute Gasteiger partial charge is 0.492 e. The number of aromatic nitrogens is 1. The molecule has 1 unspecified atom stereocenters. The quantitative estimate of drug-likeness (QED) is 0.758. The smallest absolute Gasteiger partial charge is 0.339 e. The van der Waals surface area contributed by atoms with Gasteiger partial charge in [-0.25, -0.2) is 9.78 Å². The molecule has 1 amide bonds. The second-order valence-corrected chi connectivity index (χ2v) is 7.72. The first-order chi connectivity index (χ1) is 15.0. The number of pyridine rings is 1. The highest BCUT2D eigenvalue weighted by Gasteiger charge is 2.47. The molecule has 160 valence electrons. The molecule has 3 atom stereocenters. The first-order valence-corrected chi connectivity index (χ1v) is 10.2. The fourth-order valence-corrected chi connectivity index (χ4v) is 4.63. The molecule has 3 aliphatic rings. The van der Waals surface area contributed by atoms with Crippen molar-refractivity contribution in [1.29, 1.82) is 0 Å². The summed E-state index contributed by atoms with van der Waals surface area (Å²) in [5.74, 6) is -0.627. The standard InChI is InChI=1S/C23H22N2O6/c1-4-30-20-12-7-5-6-8-15(12)24-19-16-9-13-14(10-25(16)21(26)18(19)20)11(2)31-23(28)17(13)22(27)29-3/h5-9,11,14,23,28H,4,10H2,1-3H3/t11-,14-,23?/m0/s1. The number of esters is 1. The van der Waals surface area contributed by atoms with Crippen molar-refractivity contribution in [2.75, 3.05) is 20.3 Å². The van der Waals surface area contributed by atoms with Crippen LogP contribution in [0.4, 0.5) is 0 Å². The number of methoxy groups -OCH3 is 1. The van der Waals surface area contributed by atoms with E-state index in [1.54, 1.807) is 11.0 Å². The summed E-state index contributed by atoms with van der Waals surface area (Å²) < 4.78 is 16.3. The summed E-state index contributed by atoms with van der Waals surface area (Å²) in [5.41, 5.74) is 2.89. The van der Waals surface area contributed by atoms with E-state index in [1.165, 1.54) is 7.11 Å². The van der Waals surface area contributed by atoms with E-state index >= 15 is 0 Å². The number of aliphatic hydroxyl groups excluding tert-OH is 1. The average molecular weight is 422 g/mol. The van der Waals surface area contributed by atoms with Crippen LogP contribution in [0.25, 0.3) is 16.6 Å². The van der Waals surface area contributed by atoms with E-state index in [0.29, 0.717) is 46.9 Å². The number of allylic oxidation sites excluding steroid dienone is 1. The summed E-state index contributed by atoms with van der Waals surface area (Å²) in [7, 11) is 1.26. The Labute approximate surface area is 178 Å². The number of ether oxygens (including phenoxy) is 3. The van der Waals surface area contributed by atoms with E-state index in [0.717, 1.165) is 5.39 Å². The Hall–Kier alpha value is -3.23. The van der Waals surface area contributed by atoms with Gasteiger partial charge in [0.2, 0.25) is 0 Å². The third-order valence-electron chi connectivity index (χ3n) is 6.07. The number of hydrogen-bond acceptors (Lipinski definition) is 7. The van der Waals surface area contributed by atoms with Gasteiger partial charge in [-0.2, -0.15) is 0 Å². The van der Waals surface area contributed by atoms with Crippen molar-refractivity contribution in [3.63, 3.8) is 0 Å². The molecular weight excluding hydrogens is 400 g/mol. The second kappa shape index (κ2) is 7.18. The molecule has 0 saturated carbocycles. The Balaban J connectivity index is 1.77. The fraction of sp³-hybridized carbons (Fsp3) is 0.348. The van der Waals surface area contributed by atoms with Gasteiger partial charge in [0.15, 0.2) is 6.29 Å². The number of benzene rings is 1. The van der Waals surface area contributed by atoms with E-state index in [4.69, 9.17) is 19.2 Å². The molecule has 0 saturated heterocycles. The zero-order valence-corrected chi connectivity index (χ0v) is 17.4. The minimum absolute atomic E-state index is 0.0597. The fourth-order valence-electron chi connectivity index (χ4n) is 4.63. The molecule has 0 aliphatic carbocycles. The van der Waals surface area contributed by atoms with Crippen LogP contribution in [0.2, 0.25) is 0 Å². The van der Waals surface area contributed by atoms with Gasteiger partial charge in [0, 0.05) is 17.8 Å². The number of carbonyl (C=O) groups is 2. The molecule has 1 N–H and O–H groups in total. The zero-order chi connectivity index (χ0) is 21.9. The third kappa shape index (κ3) is 2.79. The normalized spacial score (nSPS) is 24.5. The van der Waals surface area contributed by atoms with Crippen LogP contribution in [0.1, 0.15) is 29.9 Å². The number of amides is 1. The maximum absolute atomic E-state index is 13.5. The lowest BCUT2D eigenvalue weighted by Crippen LogP contribution is -2.45. The highest BCUT2D eigenvalue weighted by atomic mass is 16.6. The lowest BCUT2D eigenvalue weighted by Gasteiger charge is -2.39. The number of carbonyl (C=O) groups excluding carboxylic acids is 2. The summed E-state index contributed by atoms with van der Waals surface area (Å²) in [6.45, 7) is 4.39. The topological polar surface area (TPSA) is 98.2 Å². The Kier molecular flexibility index (Phi) is 4.56. The monoisotopic (exact) mass is 422 g/mol. The first kappa shape index (κ1) is 19.7. The van der Waals surface area contributed by atoms with Crippen molar-refractivity contribution < 1.29 is 28.9 Å². The minimum atomic E-state index is -1.39. The molecule has 3 aliphatic heterocycles. The van der Waals surface area contributed by atoms with Crippen LogP contribution in [0.15, 0.2) is 41.5 Å². The number of hydrogen-bond donors (Lipinski definition) is 1. The van der Waals surface area contributed by atoms with E-state index in [9.17, 15) is 14.7 Å². The highest BCUT2D eigenvalue weighted by molar-refractivity contribution is 6.14. The average Bonchev–Trinajstić information content (AvgIpc) is 3.03. The van der Waals surface area contributed by atoms with Crippen molar-refractivity contribution in [2.45, 2.75) is 26.2 Å². The molecule has 1 aromatic heterocycles. The van der Waals surface area contributed by atoms with Gasteiger partial charge in [-0.05, 0) is 37.6 Å². The van der Waals surface area contributed by atoms with Crippen LogP contribution in [0.5, 0.6) is 5.75 Å². The van der Waals surface area contributed by atoms with Gasteiger partial charge in [0.1, 0.15) is 17.0 Å². The van der Waals surface area contributed by atoms with Gasteiger partial charge in [-0.1, -0.05) is 12.1 Å². The SMILES string of the molecule is CCOc1c2c(nc3ccccc13)C1=CC3=C(C(=O)OC)C(O)O[C@@H](C)[C@@H]3CN1C2=O. The van der Waals surface area contributed by atoms with Crippen molar-refractivity contribution in [1.82, 2.24) is 9.88 Å². The van der Waals surface area contributed by atoms with Crippen LogP contribution in [-0.4, -0.2) is 59.5 Å². The van der Waals surface area contributed by atoms with E-state index in [-0.39, 0.29) is 17.4 Å². The summed E-state index contributed by atoms with van der Waals surface area (Å²) in [6, 6.07) is 7.52. The lowest BCUT2D eigenvalue weighted by molar-refractivity contribution is -0.155. The van der Waals surface area contributed by atoms with Gasteiger partial charge < -0.3 is 24.2 Å². The third-order valence-corrected chi connectivity index (χ3v) is 6.07. The maximum Gasteiger partial charge on any atom is 0.339 e. The molecule has 0 fully saturated rings. The Morgan fingerprint density at radius 1 is 1.35 bits per heavy atom. The molecule has 4 heterocycles. The first-order valence-electron chi connectivity index (χ1n) is 10.2. The summed E-state index contributed by atoms with van der Waals surface area (Å²) in [6.07, 6.45) is -0.0347. The number of para-hydroxylation sites is 1. The molecule has 0 spiro atoms. The van der Waals surface area contributed by atoms with Crippen LogP contribution >= 0.6 is 0 Å². The summed E-state index contributed by atoms with van der Waals surface area (Å²) in [4.78, 5) is 32.3. The number of fused-ring (bicyclic) bond motifs is 5. The molecule has 8 nitrogen and oxygen atoms in total. The van der Waals surface area contributed by atoms with E-state index < -0.39 is 18.4 Å². The van der Waals surface area contributed by atoms with Gasteiger partial charge >= 0.3 is 5.97 Å². The van der Waals surface area contributed by atoms with Crippen LogP contribution in [0.3, 0.4) is 0 Å². The van der Waals surface area contributed by atoms with Crippen molar-refractivity contribution >= 4 is 28.5 Å². The Bertz CT molecular complexity index is 1180. The summed E-state index contributed by atoms with van der Waals surface area (Å²) in [5, 5.41) is 11.2. The van der Waals surface area contributed by atoms with Gasteiger partial charge in [-0.3, -0.25) is 4.79 Å². The lowest BCUT2D eigenvalue weighted by atomic mass is 9.83. The predicted octanol–water partition coefficient (Wildman–Crippen LogP) is 2.27. The predicted molar refractivity (Wildman–Crippen MR) is 111 cm³/mol. The molecule has 0 radical (unpaired) electrons. The molecule has 8 heteroatoms. The second-order valence-electron chi connectivity index (χ2n) is 7.72. The van der Waals surface area contributed by atoms with Crippen molar-refractivity contribution in [2.24, 2.45) is 5.92 Å². The number of nitrogens with zero attached hydrogens (tertiary/aromatic N) is 2. The van der Waals surface area contributed by atoms with Crippen LogP contribution in [-0.2, 0) is 14.3 Å². The number of rotatable bonds is 3. The van der Waals surface area contributed by atoms with Gasteiger partial charge in [0.05, 0.1) is 36.6 Å². The Morgan fingerprint density at radius 3 is 2.87 bits per heavy atom. The van der Waals surface area contributed by atoms with Crippen LogP contribution in [0, 0.1) is 5.92 Å². The zero-order valence-electron chi connectivity index (χ0n) is 17.4. The van der Waals surface area contributed by atoms with E-state index in [2.05, 4.69) is 0 Å². The van der Waals surface area contributed by atoms with Crippen molar-refractivity contribution in [3.05, 3.63) is 52.7 Å². The molecule has 0 bridgehead atoms. The number of aliphatic hydroxyl groups is 1. The molecule has 5 rings (SSSR count). The van der Waals surface area contributed by atoms with Gasteiger partial charge in [-0.15, -0.1) is 0 Å². The van der Waals surface area contributed by atoms with Crippen LogP contribution < -0.4 is 4.74 Å². The highest BCUT2D eigenvalue weighted by Crippen LogP contribution is 2.46. The summed E-state index contributed by atoms with van der Waals surface area (Å²) >= 11 is 0. The molecule has 31 heavy (non-hydrogen) atoms. The molecule has 1 aromatic carbocycles.